The molecular formula is C22H23ClF3N5O2. The van der Waals surface area contributed by atoms with Crippen LogP contribution in [0.4, 0.5) is 13.2 Å². The molecule has 176 valence electrons. The maximum Gasteiger partial charge on any atom is 0.261 e. The molecular weight excluding hydrogens is 459 g/mol. The summed E-state index contributed by atoms with van der Waals surface area (Å²) in [6.45, 7) is 3.15. The number of benzene rings is 1. The van der Waals surface area contributed by atoms with E-state index in [-0.39, 0.29) is 36.7 Å². The standard InChI is InChI=1S/C22H23ClF3N5O2/c1-11-19(23)12(2)30-20(29-11)16-7-31(8-17(16)27)21(32)15-4-3-13(24)5-18(15)33-9-14-6-22(25,26)10-28-14/h3-5,14,16,27-28H,6-10H2,1-2H3. The normalized spacial score (nSPS) is 22.1. The van der Waals surface area contributed by atoms with Crippen molar-refractivity contribution in [1.82, 2.24) is 20.2 Å². The van der Waals surface area contributed by atoms with Crippen LogP contribution in [0.3, 0.4) is 0 Å². The van der Waals surface area contributed by atoms with E-state index in [2.05, 4.69) is 15.3 Å². The lowest BCUT2D eigenvalue weighted by atomic mass is 10.1. The summed E-state index contributed by atoms with van der Waals surface area (Å²) in [6.07, 6.45) is -0.392. The Bertz CT molecular complexity index is 1090. The van der Waals surface area contributed by atoms with Crippen molar-refractivity contribution in [2.45, 2.75) is 38.2 Å². The topological polar surface area (TPSA) is 91.2 Å². The quantitative estimate of drug-likeness (QED) is 0.682. The van der Waals surface area contributed by atoms with Gasteiger partial charge in [0.2, 0.25) is 0 Å². The highest BCUT2D eigenvalue weighted by Crippen LogP contribution is 2.30. The van der Waals surface area contributed by atoms with Crippen molar-refractivity contribution in [3.63, 3.8) is 0 Å². The number of carbonyl (C=O) groups excluding carboxylic acids is 1. The van der Waals surface area contributed by atoms with E-state index in [9.17, 15) is 18.0 Å². The second kappa shape index (κ2) is 8.90. The summed E-state index contributed by atoms with van der Waals surface area (Å²) in [5.41, 5.74) is 1.56. The number of ether oxygens (including phenoxy) is 1. The number of aromatic nitrogens is 2. The highest BCUT2D eigenvalue weighted by atomic mass is 35.5. The zero-order valence-corrected chi connectivity index (χ0v) is 18.8. The molecule has 2 aliphatic rings. The predicted molar refractivity (Wildman–Crippen MR) is 116 cm³/mol. The van der Waals surface area contributed by atoms with Crippen LogP contribution < -0.4 is 10.1 Å². The number of alkyl halides is 2. The number of rotatable bonds is 5. The molecule has 7 nitrogen and oxygen atoms in total. The van der Waals surface area contributed by atoms with Crippen molar-refractivity contribution >= 4 is 23.2 Å². The highest BCUT2D eigenvalue weighted by Gasteiger charge is 2.40. The van der Waals surface area contributed by atoms with Gasteiger partial charge in [-0.3, -0.25) is 4.79 Å². The first-order valence-corrected chi connectivity index (χ1v) is 10.8. The Labute approximate surface area is 193 Å². The average Bonchev–Trinajstić information content (AvgIpc) is 3.31. The van der Waals surface area contributed by atoms with Crippen LogP contribution in [0, 0.1) is 25.1 Å². The predicted octanol–water partition coefficient (Wildman–Crippen LogP) is 3.52. The van der Waals surface area contributed by atoms with Gasteiger partial charge in [0.1, 0.15) is 24.0 Å². The number of amides is 1. The van der Waals surface area contributed by atoms with Gasteiger partial charge in [0.15, 0.2) is 0 Å². The number of nitrogens with zero attached hydrogens (tertiary/aromatic N) is 3. The van der Waals surface area contributed by atoms with Gasteiger partial charge in [0, 0.05) is 30.8 Å². The molecule has 0 aliphatic carbocycles. The van der Waals surface area contributed by atoms with Gasteiger partial charge >= 0.3 is 0 Å². The Kier molecular flexibility index (Phi) is 6.32. The SMILES string of the molecule is Cc1nc(C2CN(C(=O)c3ccc(F)cc3OCC3CC(F)(F)CN3)CC2=N)nc(C)c1Cl. The molecule has 2 unspecified atom stereocenters. The molecule has 0 radical (unpaired) electrons. The monoisotopic (exact) mass is 481 g/mol. The zero-order valence-electron chi connectivity index (χ0n) is 18.1. The zero-order chi connectivity index (χ0) is 23.9. The number of hydrogen-bond acceptors (Lipinski definition) is 6. The molecule has 2 N–H and O–H groups in total. The minimum absolute atomic E-state index is 0.0265. The van der Waals surface area contributed by atoms with Crippen LogP contribution in [-0.2, 0) is 0 Å². The largest absolute Gasteiger partial charge is 0.491 e. The Balaban J connectivity index is 1.51. The van der Waals surface area contributed by atoms with Crippen LogP contribution in [0.1, 0.15) is 39.9 Å². The third-order valence-corrected chi connectivity index (χ3v) is 6.34. The van der Waals surface area contributed by atoms with E-state index in [1.807, 2.05) is 0 Å². The van der Waals surface area contributed by atoms with Crippen LogP contribution in [0.2, 0.25) is 5.02 Å². The fraction of sp³-hybridized carbons (Fsp3) is 0.455. The van der Waals surface area contributed by atoms with Gasteiger partial charge < -0.3 is 20.4 Å². The van der Waals surface area contributed by atoms with Crippen LogP contribution in [0.5, 0.6) is 5.75 Å². The minimum atomic E-state index is -2.82. The van der Waals surface area contributed by atoms with Gasteiger partial charge in [-0.25, -0.2) is 23.1 Å². The van der Waals surface area contributed by atoms with Crippen LogP contribution >= 0.6 is 11.6 Å². The van der Waals surface area contributed by atoms with Crippen LogP contribution in [-0.4, -0.2) is 64.7 Å². The Morgan fingerprint density at radius 2 is 2.03 bits per heavy atom. The first-order chi connectivity index (χ1) is 15.5. The molecule has 1 aromatic heterocycles. The van der Waals surface area contributed by atoms with E-state index >= 15 is 0 Å². The fourth-order valence-corrected chi connectivity index (χ4v) is 4.14. The molecule has 0 saturated carbocycles. The Morgan fingerprint density at radius 1 is 1.33 bits per heavy atom. The van der Waals surface area contributed by atoms with Crippen LogP contribution in [0.15, 0.2) is 18.2 Å². The van der Waals surface area contributed by atoms with E-state index in [0.717, 1.165) is 12.1 Å². The molecule has 2 aromatic rings. The number of nitrogens with one attached hydrogen (secondary N) is 2. The molecule has 2 atom stereocenters. The number of carbonyl (C=O) groups is 1. The van der Waals surface area contributed by atoms with Crippen LogP contribution in [0.25, 0.3) is 0 Å². The number of likely N-dealkylation sites (tertiary alicyclic amines) is 1. The molecule has 0 bridgehead atoms. The number of aryl methyl sites for hydroxylation is 2. The summed E-state index contributed by atoms with van der Waals surface area (Å²) < 4.78 is 46.3. The molecule has 3 heterocycles. The second-order valence-corrected chi connectivity index (χ2v) is 8.80. The maximum absolute atomic E-state index is 13.9. The molecule has 0 spiro atoms. The summed E-state index contributed by atoms with van der Waals surface area (Å²) >= 11 is 6.14. The van der Waals surface area contributed by atoms with Gasteiger partial charge in [0.05, 0.1) is 41.0 Å². The van der Waals surface area contributed by atoms with Gasteiger partial charge in [-0.15, -0.1) is 0 Å². The average molecular weight is 482 g/mol. The first kappa shape index (κ1) is 23.4. The third kappa shape index (κ3) is 4.96. The number of halogens is 4. The van der Waals surface area contributed by atoms with Gasteiger partial charge in [-0.2, -0.15) is 0 Å². The molecule has 2 fully saturated rings. The molecule has 1 aromatic carbocycles. The summed E-state index contributed by atoms with van der Waals surface area (Å²) in [7, 11) is 0. The Hall–Kier alpha value is -2.72. The highest BCUT2D eigenvalue weighted by molar-refractivity contribution is 6.31. The van der Waals surface area contributed by atoms with E-state index < -0.39 is 42.6 Å². The molecule has 33 heavy (non-hydrogen) atoms. The maximum atomic E-state index is 13.9. The van der Waals surface area contributed by atoms with Gasteiger partial charge in [-0.1, -0.05) is 11.6 Å². The summed E-state index contributed by atoms with van der Waals surface area (Å²) in [5.74, 6) is -3.98. The lowest BCUT2D eigenvalue weighted by Crippen LogP contribution is -2.31. The molecule has 2 aliphatic heterocycles. The van der Waals surface area contributed by atoms with Crippen molar-refractivity contribution in [3.8, 4) is 5.75 Å². The molecule has 11 heteroatoms. The van der Waals surface area contributed by atoms with Gasteiger partial charge in [-0.05, 0) is 26.0 Å². The Morgan fingerprint density at radius 3 is 2.67 bits per heavy atom. The minimum Gasteiger partial charge on any atom is -0.491 e. The van der Waals surface area contributed by atoms with Crippen molar-refractivity contribution in [2.24, 2.45) is 0 Å². The third-order valence-electron chi connectivity index (χ3n) is 5.79. The van der Waals surface area contributed by atoms with Crippen molar-refractivity contribution in [2.75, 3.05) is 26.2 Å². The van der Waals surface area contributed by atoms with Crippen molar-refractivity contribution < 1.29 is 22.7 Å². The molecule has 4 rings (SSSR count). The fourth-order valence-electron chi connectivity index (χ4n) is 4.06. The lowest BCUT2D eigenvalue weighted by Gasteiger charge is -2.19. The van der Waals surface area contributed by atoms with E-state index in [4.69, 9.17) is 21.7 Å². The van der Waals surface area contributed by atoms with Gasteiger partial charge in [0.25, 0.3) is 11.8 Å². The first-order valence-electron chi connectivity index (χ1n) is 10.4. The molecule has 1 amide bonds. The summed E-state index contributed by atoms with van der Waals surface area (Å²) in [6, 6.07) is 2.89. The lowest BCUT2D eigenvalue weighted by molar-refractivity contribution is 0.0195. The number of hydrogen-bond donors (Lipinski definition) is 2. The van der Waals surface area contributed by atoms with Crippen molar-refractivity contribution in [1.29, 1.82) is 5.41 Å². The summed E-state index contributed by atoms with van der Waals surface area (Å²) in [5, 5.41) is 11.5. The molecule has 2 saturated heterocycles. The van der Waals surface area contributed by atoms with Crippen molar-refractivity contribution in [3.05, 3.63) is 51.8 Å². The smallest absolute Gasteiger partial charge is 0.261 e. The second-order valence-electron chi connectivity index (χ2n) is 8.42. The van der Waals surface area contributed by atoms with E-state index in [1.54, 1.807) is 13.8 Å². The summed E-state index contributed by atoms with van der Waals surface area (Å²) in [4.78, 5) is 23.4. The van der Waals surface area contributed by atoms with E-state index in [1.165, 1.54) is 11.0 Å². The van der Waals surface area contributed by atoms with E-state index in [0.29, 0.717) is 22.2 Å².